The van der Waals surface area contributed by atoms with Gasteiger partial charge in [0.1, 0.15) is 4.88 Å². The van der Waals surface area contributed by atoms with Crippen molar-refractivity contribution in [2.45, 2.75) is 58.5 Å². The first kappa shape index (κ1) is 15.0. The van der Waals surface area contributed by atoms with E-state index in [-0.39, 0.29) is 5.91 Å². The highest BCUT2D eigenvalue weighted by Crippen LogP contribution is 2.32. The van der Waals surface area contributed by atoms with Crippen molar-refractivity contribution in [2.24, 2.45) is 0 Å². The third-order valence-electron chi connectivity index (χ3n) is 4.92. The highest BCUT2D eigenvalue weighted by atomic mass is 32.1. The smallest absolute Gasteiger partial charge is 0.266 e. The summed E-state index contributed by atoms with van der Waals surface area (Å²) in [6.07, 6.45) is 4.81. The van der Waals surface area contributed by atoms with E-state index < -0.39 is 0 Å². The fourth-order valence-corrected chi connectivity index (χ4v) is 4.86. The molecule has 0 spiro atoms. The van der Waals surface area contributed by atoms with Crippen LogP contribution in [0.2, 0.25) is 0 Å². The van der Waals surface area contributed by atoms with Crippen LogP contribution in [0.3, 0.4) is 0 Å². The minimum Gasteiger partial charge on any atom is -0.333 e. The summed E-state index contributed by atoms with van der Waals surface area (Å²) in [5.41, 5.74) is 0.895. The molecule has 5 heteroatoms. The zero-order valence-corrected chi connectivity index (χ0v) is 14.1. The van der Waals surface area contributed by atoms with E-state index in [9.17, 15) is 4.79 Å². The molecule has 2 aliphatic rings. The molecule has 2 saturated heterocycles. The summed E-state index contributed by atoms with van der Waals surface area (Å²) in [6, 6.07) is 0.970. The van der Waals surface area contributed by atoms with E-state index in [1.165, 1.54) is 19.4 Å². The van der Waals surface area contributed by atoms with E-state index in [1.54, 1.807) is 11.3 Å². The summed E-state index contributed by atoms with van der Waals surface area (Å²) >= 11 is 1.54. The van der Waals surface area contributed by atoms with Gasteiger partial charge in [-0.3, -0.25) is 9.69 Å². The van der Waals surface area contributed by atoms with Gasteiger partial charge < -0.3 is 4.90 Å². The Hall–Kier alpha value is -0.940. The first-order valence-corrected chi connectivity index (χ1v) is 8.92. The Balaban J connectivity index is 1.80. The van der Waals surface area contributed by atoms with Gasteiger partial charge in [-0.25, -0.2) is 4.98 Å². The summed E-state index contributed by atoms with van der Waals surface area (Å²) in [7, 11) is 0. The highest BCUT2D eigenvalue weighted by Gasteiger charge is 2.40. The molecule has 0 aromatic carbocycles. The van der Waals surface area contributed by atoms with Gasteiger partial charge in [-0.2, -0.15) is 0 Å². The first-order valence-electron chi connectivity index (χ1n) is 8.11. The number of hydrogen-bond donors (Lipinski definition) is 0. The minimum absolute atomic E-state index is 0.212. The lowest BCUT2D eigenvalue weighted by molar-refractivity contribution is 0.0654. The number of carbonyl (C=O) groups is 1. The quantitative estimate of drug-likeness (QED) is 0.861. The Labute approximate surface area is 131 Å². The van der Waals surface area contributed by atoms with Crippen molar-refractivity contribution >= 4 is 17.2 Å². The molecule has 0 unspecified atom stereocenters. The van der Waals surface area contributed by atoms with Gasteiger partial charge in [0.25, 0.3) is 5.91 Å². The average Bonchev–Trinajstić information content (AvgIpc) is 3.15. The molecule has 4 nitrogen and oxygen atoms in total. The number of rotatable bonds is 3. The predicted octanol–water partition coefficient (Wildman–Crippen LogP) is 2.85. The number of carbonyl (C=O) groups excluding carboxylic acids is 1. The molecule has 0 bridgehead atoms. The van der Waals surface area contributed by atoms with Gasteiger partial charge in [0.15, 0.2) is 0 Å². The lowest BCUT2D eigenvalue weighted by Gasteiger charge is -2.34. The molecule has 3 rings (SSSR count). The minimum atomic E-state index is 0.212. The Kier molecular flexibility index (Phi) is 4.31. The number of likely N-dealkylation sites (N-methyl/N-ethyl adjacent to an activating group) is 1. The molecule has 2 atom stereocenters. The number of thiazole rings is 1. The maximum Gasteiger partial charge on any atom is 0.266 e. The Bertz CT molecular complexity index is 528. The van der Waals surface area contributed by atoms with Crippen molar-refractivity contribution < 1.29 is 4.79 Å². The fourth-order valence-electron chi connectivity index (χ4n) is 3.99. The molecule has 21 heavy (non-hydrogen) atoms. The van der Waals surface area contributed by atoms with Crippen molar-refractivity contribution in [3.8, 4) is 0 Å². The molecular formula is C16H25N3OS. The van der Waals surface area contributed by atoms with E-state index in [0.717, 1.165) is 41.5 Å². The van der Waals surface area contributed by atoms with Gasteiger partial charge in [-0.1, -0.05) is 6.92 Å². The molecule has 2 aliphatic heterocycles. The van der Waals surface area contributed by atoms with Crippen molar-refractivity contribution in [3.05, 3.63) is 15.6 Å². The summed E-state index contributed by atoms with van der Waals surface area (Å²) in [5.74, 6) is 0.212. The molecule has 0 saturated carbocycles. The van der Waals surface area contributed by atoms with Crippen LogP contribution < -0.4 is 0 Å². The number of nitrogens with zero attached hydrogens (tertiary/aromatic N) is 3. The molecule has 0 aliphatic carbocycles. The SMILES string of the molecule is CCN1CCC[C@@H]1[C@H]1CCCN1C(=O)c1sc(C)nc1C. The largest absolute Gasteiger partial charge is 0.333 e. The second-order valence-corrected chi connectivity index (χ2v) is 7.40. The van der Waals surface area contributed by atoms with Crippen molar-refractivity contribution in [1.29, 1.82) is 0 Å². The monoisotopic (exact) mass is 307 g/mol. The fraction of sp³-hybridized carbons (Fsp3) is 0.750. The van der Waals surface area contributed by atoms with Crippen LogP contribution in [0.15, 0.2) is 0 Å². The van der Waals surface area contributed by atoms with Gasteiger partial charge in [-0.05, 0) is 52.6 Å². The number of likely N-dealkylation sites (tertiary alicyclic amines) is 2. The van der Waals surface area contributed by atoms with Crippen LogP contribution in [0.4, 0.5) is 0 Å². The molecular weight excluding hydrogens is 282 g/mol. The van der Waals surface area contributed by atoms with Crippen LogP contribution in [0.25, 0.3) is 0 Å². The zero-order chi connectivity index (χ0) is 15.0. The second kappa shape index (κ2) is 6.05. The third kappa shape index (κ3) is 2.73. The van der Waals surface area contributed by atoms with Crippen molar-refractivity contribution in [3.63, 3.8) is 0 Å². The van der Waals surface area contributed by atoms with Gasteiger partial charge in [-0.15, -0.1) is 11.3 Å². The second-order valence-electron chi connectivity index (χ2n) is 6.19. The lowest BCUT2D eigenvalue weighted by Crippen LogP contribution is -2.48. The Morgan fingerprint density at radius 2 is 1.95 bits per heavy atom. The standard InChI is InChI=1S/C16H25N3OS/c1-4-18-9-5-7-13(18)14-8-6-10-19(14)16(20)15-11(2)17-12(3)21-15/h13-14H,4-10H2,1-3H3/t13-,14-/m1/s1. The van der Waals surface area contributed by atoms with E-state index in [2.05, 4.69) is 21.7 Å². The summed E-state index contributed by atoms with van der Waals surface area (Å²) < 4.78 is 0. The van der Waals surface area contributed by atoms with Gasteiger partial charge in [0.2, 0.25) is 0 Å². The van der Waals surface area contributed by atoms with Crippen LogP contribution in [0.1, 0.15) is 53.0 Å². The number of aryl methyl sites for hydroxylation is 2. The van der Waals surface area contributed by atoms with E-state index in [1.807, 2.05) is 13.8 Å². The predicted molar refractivity (Wildman–Crippen MR) is 85.9 cm³/mol. The third-order valence-corrected chi connectivity index (χ3v) is 5.98. The van der Waals surface area contributed by atoms with E-state index in [0.29, 0.717) is 12.1 Å². The maximum atomic E-state index is 12.9. The molecule has 1 aromatic rings. The van der Waals surface area contributed by atoms with Crippen molar-refractivity contribution in [1.82, 2.24) is 14.8 Å². The van der Waals surface area contributed by atoms with Crippen molar-refractivity contribution in [2.75, 3.05) is 19.6 Å². The summed E-state index contributed by atoms with van der Waals surface area (Å²) in [6.45, 7) is 9.37. The normalized spacial score (nSPS) is 26.7. The van der Waals surface area contributed by atoms with Crippen LogP contribution >= 0.6 is 11.3 Å². The number of hydrogen-bond acceptors (Lipinski definition) is 4. The maximum absolute atomic E-state index is 12.9. The van der Waals surface area contributed by atoms with Crippen LogP contribution in [-0.2, 0) is 0 Å². The number of aromatic nitrogens is 1. The van der Waals surface area contributed by atoms with E-state index >= 15 is 0 Å². The molecule has 2 fully saturated rings. The highest BCUT2D eigenvalue weighted by molar-refractivity contribution is 7.13. The molecule has 1 aromatic heterocycles. The van der Waals surface area contributed by atoms with E-state index in [4.69, 9.17) is 0 Å². The topological polar surface area (TPSA) is 36.4 Å². The molecule has 0 radical (unpaired) electrons. The van der Waals surface area contributed by atoms with Crippen LogP contribution in [0.5, 0.6) is 0 Å². The van der Waals surface area contributed by atoms with Gasteiger partial charge in [0.05, 0.1) is 10.7 Å². The Morgan fingerprint density at radius 3 is 2.62 bits per heavy atom. The van der Waals surface area contributed by atoms with Crippen LogP contribution in [0, 0.1) is 13.8 Å². The average molecular weight is 307 g/mol. The molecule has 1 amide bonds. The molecule has 0 N–H and O–H groups in total. The van der Waals surface area contributed by atoms with Crippen LogP contribution in [-0.4, -0.2) is 52.4 Å². The molecule has 116 valence electrons. The molecule has 3 heterocycles. The Morgan fingerprint density at radius 1 is 1.24 bits per heavy atom. The summed E-state index contributed by atoms with van der Waals surface area (Å²) in [5, 5.41) is 0.989. The first-order chi connectivity index (χ1) is 10.1. The lowest BCUT2D eigenvalue weighted by atomic mass is 10.0. The van der Waals surface area contributed by atoms with Gasteiger partial charge >= 0.3 is 0 Å². The van der Waals surface area contributed by atoms with Gasteiger partial charge in [0, 0.05) is 18.6 Å². The number of amides is 1. The zero-order valence-electron chi connectivity index (χ0n) is 13.3. The summed E-state index contributed by atoms with van der Waals surface area (Å²) in [4.78, 5) is 22.9.